The van der Waals surface area contributed by atoms with Crippen molar-refractivity contribution in [1.82, 2.24) is 4.90 Å². The summed E-state index contributed by atoms with van der Waals surface area (Å²) in [6, 6.07) is 20.7. The first kappa shape index (κ1) is 17.4. The molecule has 2 heteroatoms. The zero-order valence-corrected chi connectivity index (χ0v) is 14.5. The van der Waals surface area contributed by atoms with Crippen molar-refractivity contribution >= 4 is 5.78 Å². The molecular weight excluding hydrogens is 282 g/mol. The molecule has 122 valence electrons. The number of aryl methyl sites for hydroxylation is 1. The number of Topliss-reactive ketones (excluding diaryl/α,β-unsaturated/α-hetero) is 1. The first-order chi connectivity index (χ1) is 11.0. The lowest BCUT2D eigenvalue weighted by Gasteiger charge is -2.33. The normalized spacial score (nSPS) is 13.7. The first-order valence-electron chi connectivity index (χ1n) is 8.30. The lowest BCUT2D eigenvalue weighted by atomic mass is 9.70. The number of carbonyl (C=O) groups is 1. The summed E-state index contributed by atoms with van der Waals surface area (Å²) in [7, 11) is 4.13. The molecule has 0 fully saturated rings. The number of rotatable bonds is 8. The van der Waals surface area contributed by atoms with Crippen LogP contribution < -0.4 is 0 Å². The van der Waals surface area contributed by atoms with Crippen molar-refractivity contribution in [2.24, 2.45) is 0 Å². The topological polar surface area (TPSA) is 20.3 Å². The number of hydrogen-bond donors (Lipinski definition) is 0. The average molecular weight is 309 g/mol. The molecule has 2 nitrogen and oxygen atoms in total. The van der Waals surface area contributed by atoms with Gasteiger partial charge in [-0.2, -0.15) is 0 Å². The quantitative estimate of drug-likeness (QED) is 0.732. The molecule has 0 aliphatic carbocycles. The minimum Gasteiger partial charge on any atom is -0.309 e. The van der Waals surface area contributed by atoms with Crippen LogP contribution in [-0.2, 0) is 16.6 Å². The van der Waals surface area contributed by atoms with Crippen LogP contribution in [0.3, 0.4) is 0 Å². The van der Waals surface area contributed by atoms with Gasteiger partial charge in [0.25, 0.3) is 0 Å². The first-order valence-corrected chi connectivity index (χ1v) is 8.30. The monoisotopic (exact) mass is 309 g/mol. The fourth-order valence-electron chi connectivity index (χ4n) is 3.14. The van der Waals surface area contributed by atoms with Gasteiger partial charge in [-0.3, -0.25) is 4.79 Å². The highest BCUT2D eigenvalue weighted by atomic mass is 16.1. The average Bonchev–Trinajstić information content (AvgIpc) is 2.56. The van der Waals surface area contributed by atoms with E-state index in [-0.39, 0.29) is 5.78 Å². The Balaban J connectivity index is 2.30. The molecule has 0 amide bonds. The van der Waals surface area contributed by atoms with Crippen LogP contribution in [0.5, 0.6) is 0 Å². The Morgan fingerprint density at radius 1 is 0.913 bits per heavy atom. The maximum Gasteiger partial charge on any atom is 0.140 e. The van der Waals surface area contributed by atoms with E-state index in [1.165, 1.54) is 5.56 Å². The SMILES string of the molecule is CC(=O)C(CCc1ccccc1)(CCN(C)C)c1ccccc1. The minimum atomic E-state index is -0.401. The maximum atomic E-state index is 12.7. The Kier molecular flexibility index (Phi) is 6.12. The Morgan fingerprint density at radius 3 is 2.00 bits per heavy atom. The third-order valence-corrected chi connectivity index (χ3v) is 4.67. The van der Waals surface area contributed by atoms with E-state index in [9.17, 15) is 4.79 Å². The van der Waals surface area contributed by atoms with Crippen LogP contribution in [-0.4, -0.2) is 31.3 Å². The predicted molar refractivity (Wildman–Crippen MR) is 96.7 cm³/mol. The molecule has 0 N–H and O–H groups in total. The van der Waals surface area contributed by atoms with Crippen molar-refractivity contribution < 1.29 is 4.79 Å². The highest BCUT2D eigenvalue weighted by Crippen LogP contribution is 2.34. The van der Waals surface area contributed by atoms with Crippen LogP contribution in [0.25, 0.3) is 0 Å². The molecule has 0 spiro atoms. The molecule has 0 heterocycles. The van der Waals surface area contributed by atoms with Crippen LogP contribution >= 0.6 is 0 Å². The van der Waals surface area contributed by atoms with Crippen molar-refractivity contribution in [3.05, 3.63) is 71.8 Å². The molecule has 23 heavy (non-hydrogen) atoms. The summed E-state index contributed by atoms with van der Waals surface area (Å²) in [5.74, 6) is 0.265. The van der Waals surface area contributed by atoms with E-state index in [1.54, 1.807) is 6.92 Å². The molecule has 2 aromatic rings. The van der Waals surface area contributed by atoms with Gasteiger partial charge in [0.1, 0.15) is 5.78 Å². The molecule has 0 aromatic heterocycles. The zero-order chi connectivity index (χ0) is 16.7. The summed E-state index contributed by atoms with van der Waals surface area (Å²) in [6.45, 7) is 2.65. The second-order valence-corrected chi connectivity index (χ2v) is 6.54. The smallest absolute Gasteiger partial charge is 0.140 e. The molecule has 0 saturated carbocycles. The van der Waals surface area contributed by atoms with E-state index in [2.05, 4.69) is 55.4 Å². The van der Waals surface area contributed by atoms with Gasteiger partial charge >= 0.3 is 0 Å². The van der Waals surface area contributed by atoms with Crippen LogP contribution in [0.2, 0.25) is 0 Å². The van der Waals surface area contributed by atoms with E-state index < -0.39 is 5.41 Å². The van der Waals surface area contributed by atoms with Crippen LogP contribution in [0.15, 0.2) is 60.7 Å². The van der Waals surface area contributed by atoms with Gasteiger partial charge in [-0.1, -0.05) is 60.7 Å². The summed E-state index contributed by atoms with van der Waals surface area (Å²) in [5.41, 5.74) is 2.03. The molecule has 1 unspecified atom stereocenters. The Morgan fingerprint density at radius 2 is 1.48 bits per heavy atom. The second kappa shape index (κ2) is 8.07. The summed E-state index contributed by atoms with van der Waals surface area (Å²) < 4.78 is 0. The standard InChI is InChI=1S/C21H27NO/c1-18(23)21(16-17-22(2)3,20-12-8-5-9-13-20)15-14-19-10-6-4-7-11-19/h4-13H,14-17H2,1-3H3. The lowest BCUT2D eigenvalue weighted by Crippen LogP contribution is -2.38. The molecular formula is C21H27NO. The van der Waals surface area contributed by atoms with Crippen LogP contribution in [0, 0.1) is 0 Å². The second-order valence-electron chi connectivity index (χ2n) is 6.54. The third kappa shape index (κ3) is 4.52. The molecule has 2 rings (SSSR count). The van der Waals surface area contributed by atoms with Gasteiger partial charge in [-0.05, 0) is 58.0 Å². The number of carbonyl (C=O) groups excluding carboxylic acids is 1. The fraction of sp³-hybridized carbons (Fsp3) is 0.381. The Labute approximate surface area is 140 Å². The summed E-state index contributed by atoms with van der Waals surface area (Å²) in [4.78, 5) is 14.8. The van der Waals surface area contributed by atoms with Crippen molar-refractivity contribution in [1.29, 1.82) is 0 Å². The number of benzene rings is 2. The van der Waals surface area contributed by atoms with Gasteiger partial charge < -0.3 is 4.90 Å². The summed E-state index contributed by atoms with van der Waals surface area (Å²) >= 11 is 0. The van der Waals surface area contributed by atoms with Gasteiger partial charge in [-0.25, -0.2) is 0 Å². The van der Waals surface area contributed by atoms with Gasteiger partial charge in [0.2, 0.25) is 0 Å². The van der Waals surface area contributed by atoms with Crippen LogP contribution in [0.1, 0.15) is 30.9 Å². The van der Waals surface area contributed by atoms with Crippen molar-refractivity contribution in [2.45, 2.75) is 31.6 Å². The lowest BCUT2D eigenvalue weighted by molar-refractivity contribution is -0.123. The van der Waals surface area contributed by atoms with E-state index in [4.69, 9.17) is 0 Å². The predicted octanol–water partition coefficient (Wildman–Crippen LogP) is 4.10. The third-order valence-electron chi connectivity index (χ3n) is 4.67. The van der Waals surface area contributed by atoms with Gasteiger partial charge in [-0.15, -0.1) is 0 Å². The Bertz CT molecular complexity index is 606. The van der Waals surface area contributed by atoms with Gasteiger partial charge in [0.15, 0.2) is 0 Å². The molecule has 0 saturated heterocycles. The molecule has 0 aliphatic rings. The number of nitrogens with zero attached hydrogens (tertiary/aromatic N) is 1. The molecule has 1 atom stereocenters. The summed E-state index contributed by atoms with van der Waals surface area (Å²) in [6.07, 6.45) is 2.62. The molecule has 0 bridgehead atoms. The zero-order valence-electron chi connectivity index (χ0n) is 14.5. The summed E-state index contributed by atoms with van der Waals surface area (Å²) in [5, 5.41) is 0. The highest BCUT2D eigenvalue weighted by Gasteiger charge is 2.36. The molecule has 0 aliphatic heterocycles. The van der Waals surface area contributed by atoms with Gasteiger partial charge in [0.05, 0.1) is 5.41 Å². The van der Waals surface area contributed by atoms with E-state index in [0.29, 0.717) is 0 Å². The fourth-order valence-corrected chi connectivity index (χ4v) is 3.14. The molecule has 2 aromatic carbocycles. The van der Waals surface area contributed by atoms with E-state index >= 15 is 0 Å². The Hall–Kier alpha value is -1.93. The maximum absolute atomic E-state index is 12.7. The largest absolute Gasteiger partial charge is 0.309 e. The van der Waals surface area contributed by atoms with Crippen molar-refractivity contribution in [2.75, 3.05) is 20.6 Å². The van der Waals surface area contributed by atoms with Crippen LogP contribution in [0.4, 0.5) is 0 Å². The van der Waals surface area contributed by atoms with Gasteiger partial charge in [0, 0.05) is 0 Å². The number of ketones is 1. The molecule has 0 radical (unpaired) electrons. The van der Waals surface area contributed by atoms with Crippen molar-refractivity contribution in [3.8, 4) is 0 Å². The highest BCUT2D eigenvalue weighted by molar-refractivity contribution is 5.88. The number of hydrogen-bond acceptors (Lipinski definition) is 2. The minimum absolute atomic E-state index is 0.265. The van der Waals surface area contributed by atoms with Crippen molar-refractivity contribution in [3.63, 3.8) is 0 Å². The van der Waals surface area contributed by atoms with E-state index in [0.717, 1.165) is 31.4 Å². The van der Waals surface area contributed by atoms with E-state index in [1.807, 2.05) is 24.3 Å².